The van der Waals surface area contributed by atoms with E-state index < -0.39 is 6.03 Å². The van der Waals surface area contributed by atoms with Crippen molar-refractivity contribution in [2.75, 3.05) is 27.7 Å². The van der Waals surface area contributed by atoms with E-state index in [2.05, 4.69) is 10.6 Å². The van der Waals surface area contributed by atoms with E-state index in [0.717, 1.165) is 11.1 Å². The highest BCUT2D eigenvalue weighted by Crippen LogP contribution is 2.29. The van der Waals surface area contributed by atoms with Gasteiger partial charge in [0.2, 0.25) is 5.91 Å². The summed E-state index contributed by atoms with van der Waals surface area (Å²) in [6.45, 7) is 1.08. The van der Waals surface area contributed by atoms with Crippen LogP contribution in [0.25, 0.3) is 0 Å². The van der Waals surface area contributed by atoms with Crippen molar-refractivity contribution in [3.63, 3.8) is 0 Å². The highest BCUT2D eigenvalue weighted by atomic mass is 16.5. The lowest BCUT2D eigenvalue weighted by Gasteiger charge is -2.17. The monoisotopic (exact) mass is 371 g/mol. The lowest BCUT2D eigenvalue weighted by atomic mass is 10.2. The summed E-state index contributed by atoms with van der Waals surface area (Å²) in [5, 5.41) is 4.58. The van der Waals surface area contributed by atoms with E-state index in [0.29, 0.717) is 24.7 Å². The van der Waals surface area contributed by atoms with Crippen LogP contribution in [-0.2, 0) is 17.9 Å². The van der Waals surface area contributed by atoms with Gasteiger partial charge in [0.15, 0.2) is 11.5 Å². The summed E-state index contributed by atoms with van der Waals surface area (Å²) >= 11 is 0. The molecule has 7 nitrogen and oxygen atoms in total. The number of imide groups is 1. The molecule has 7 heteroatoms. The van der Waals surface area contributed by atoms with Gasteiger partial charge in [-0.3, -0.25) is 15.0 Å². The van der Waals surface area contributed by atoms with E-state index >= 15 is 0 Å². The van der Waals surface area contributed by atoms with Crippen LogP contribution in [0.5, 0.6) is 11.5 Å². The lowest BCUT2D eigenvalue weighted by molar-refractivity contribution is -0.120. The maximum absolute atomic E-state index is 11.8. The maximum atomic E-state index is 11.8. The standard InChI is InChI=1S/C20H25N3O4/c1-21-20(25)22-19(24)13-23(2)12-16-9-10-17(18(11-16)26-3)27-14-15-7-5-4-6-8-15/h4-11H,12-14H2,1-3H3,(H2,21,22,24,25). The number of amides is 3. The molecular weight excluding hydrogens is 346 g/mol. The highest BCUT2D eigenvalue weighted by molar-refractivity contribution is 5.95. The molecule has 2 N–H and O–H groups in total. The number of urea groups is 1. The fourth-order valence-corrected chi connectivity index (χ4v) is 2.51. The van der Waals surface area contributed by atoms with Crippen LogP contribution in [0.4, 0.5) is 4.79 Å². The van der Waals surface area contributed by atoms with E-state index in [-0.39, 0.29) is 12.5 Å². The molecule has 0 fully saturated rings. The Labute approximate surface area is 159 Å². The third-order valence-corrected chi connectivity index (χ3v) is 3.81. The van der Waals surface area contributed by atoms with Crippen molar-refractivity contribution in [2.45, 2.75) is 13.2 Å². The molecule has 0 unspecified atom stereocenters. The third-order valence-electron chi connectivity index (χ3n) is 3.81. The Hall–Kier alpha value is -3.06. The van der Waals surface area contributed by atoms with Crippen LogP contribution >= 0.6 is 0 Å². The fraction of sp³-hybridized carbons (Fsp3) is 0.300. The SMILES string of the molecule is CNC(=O)NC(=O)CN(C)Cc1ccc(OCc2ccccc2)c(OC)c1. The third kappa shape index (κ3) is 6.63. The van der Waals surface area contributed by atoms with E-state index in [4.69, 9.17) is 9.47 Å². The van der Waals surface area contributed by atoms with Crippen LogP contribution in [0, 0.1) is 0 Å². The molecule has 0 aromatic heterocycles. The average molecular weight is 371 g/mol. The summed E-state index contributed by atoms with van der Waals surface area (Å²) in [5.74, 6) is 0.920. The second-order valence-electron chi connectivity index (χ2n) is 6.06. The van der Waals surface area contributed by atoms with Crippen molar-refractivity contribution in [1.82, 2.24) is 15.5 Å². The number of hydrogen-bond acceptors (Lipinski definition) is 5. The summed E-state index contributed by atoms with van der Waals surface area (Å²) in [6.07, 6.45) is 0. The van der Waals surface area contributed by atoms with Gasteiger partial charge in [-0.05, 0) is 30.3 Å². The zero-order valence-electron chi connectivity index (χ0n) is 15.8. The first-order valence-corrected chi connectivity index (χ1v) is 8.55. The summed E-state index contributed by atoms with van der Waals surface area (Å²) in [5.41, 5.74) is 2.04. The molecule has 0 aliphatic rings. The molecule has 2 rings (SSSR count). The molecule has 0 bridgehead atoms. The van der Waals surface area contributed by atoms with Crippen LogP contribution in [0.2, 0.25) is 0 Å². The Morgan fingerprint density at radius 3 is 2.44 bits per heavy atom. The molecule has 0 radical (unpaired) electrons. The predicted octanol–water partition coefficient (Wildman–Crippen LogP) is 2.16. The van der Waals surface area contributed by atoms with Gasteiger partial charge in [-0.15, -0.1) is 0 Å². The molecule has 3 amide bonds. The number of rotatable bonds is 8. The fourth-order valence-electron chi connectivity index (χ4n) is 2.51. The maximum Gasteiger partial charge on any atom is 0.321 e. The second kappa shape index (κ2) is 10.2. The zero-order valence-corrected chi connectivity index (χ0v) is 15.8. The Balaban J connectivity index is 1.94. The van der Waals surface area contributed by atoms with Gasteiger partial charge in [-0.1, -0.05) is 36.4 Å². The topological polar surface area (TPSA) is 79.9 Å². The largest absolute Gasteiger partial charge is 0.493 e. The predicted molar refractivity (Wildman–Crippen MR) is 103 cm³/mol. The molecule has 2 aromatic rings. The minimum Gasteiger partial charge on any atom is -0.493 e. The zero-order chi connectivity index (χ0) is 19.6. The Bertz CT molecular complexity index is 765. The van der Waals surface area contributed by atoms with Gasteiger partial charge in [0.05, 0.1) is 13.7 Å². The van der Waals surface area contributed by atoms with Crippen molar-refractivity contribution in [2.24, 2.45) is 0 Å². The van der Waals surface area contributed by atoms with Crippen LogP contribution in [-0.4, -0.2) is 44.6 Å². The molecule has 144 valence electrons. The molecule has 0 heterocycles. The van der Waals surface area contributed by atoms with Crippen LogP contribution in [0.3, 0.4) is 0 Å². The molecule has 27 heavy (non-hydrogen) atoms. The number of likely N-dealkylation sites (N-methyl/N-ethyl adjacent to an activating group) is 1. The first-order valence-electron chi connectivity index (χ1n) is 8.55. The second-order valence-corrected chi connectivity index (χ2v) is 6.06. The molecule has 0 spiro atoms. The van der Waals surface area contributed by atoms with E-state index in [9.17, 15) is 9.59 Å². The van der Waals surface area contributed by atoms with Crippen molar-refractivity contribution in [3.8, 4) is 11.5 Å². The van der Waals surface area contributed by atoms with Crippen molar-refractivity contribution in [3.05, 3.63) is 59.7 Å². The number of carbonyl (C=O) groups excluding carboxylic acids is 2. The van der Waals surface area contributed by atoms with Crippen molar-refractivity contribution >= 4 is 11.9 Å². The van der Waals surface area contributed by atoms with E-state index in [1.807, 2.05) is 48.5 Å². The summed E-state index contributed by atoms with van der Waals surface area (Å²) < 4.78 is 11.3. The van der Waals surface area contributed by atoms with Crippen molar-refractivity contribution in [1.29, 1.82) is 0 Å². The number of methoxy groups -OCH3 is 1. The van der Waals surface area contributed by atoms with Gasteiger partial charge in [0.25, 0.3) is 0 Å². The van der Waals surface area contributed by atoms with Gasteiger partial charge in [0.1, 0.15) is 6.61 Å². The number of nitrogens with one attached hydrogen (secondary N) is 2. The smallest absolute Gasteiger partial charge is 0.321 e. The van der Waals surface area contributed by atoms with Crippen LogP contribution in [0.1, 0.15) is 11.1 Å². The number of hydrogen-bond donors (Lipinski definition) is 2. The van der Waals surface area contributed by atoms with Crippen molar-refractivity contribution < 1.29 is 19.1 Å². The summed E-state index contributed by atoms with van der Waals surface area (Å²) in [4.78, 5) is 24.7. The minimum absolute atomic E-state index is 0.0992. The van der Waals surface area contributed by atoms with Gasteiger partial charge in [-0.25, -0.2) is 4.79 Å². The lowest BCUT2D eigenvalue weighted by Crippen LogP contribution is -2.42. The highest BCUT2D eigenvalue weighted by Gasteiger charge is 2.12. The molecule has 0 aliphatic heterocycles. The molecule has 2 aromatic carbocycles. The van der Waals surface area contributed by atoms with E-state index in [1.165, 1.54) is 7.05 Å². The summed E-state index contributed by atoms with van der Waals surface area (Å²) in [7, 11) is 4.85. The van der Waals surface area contributed by atoms with Gasteiger partial charge < -0.3 is 14.8 Å². The summed E-state index contributed by atoms with van der Waals surface area (Å²) in [6, 6.07) is 15.0. The first kappa shape index (κ1) is 20.3. The molecule has 0 saturated carbocycles. The number of carbonyl (C=O) groups is 2. The molecule has 0 saturated heterocycles. The minimum atomic E-state index is -0.519. The quantitative estimate of drug-likeness (QED) is 0.743. The van der Waals surface area contributed by atoms with Gasteiger partial charge in [0, 0.05) is 13.6 Å². The Morgan fingerprint density at radius 2 is 1.78 bits per heavy atom. The average Bonchev–Trinajstić information content (AvgIpc) is 2.67. The normalized spacial score (nSPS) is 10.4. The Kier molecular flexibility index (Phi) is 7.63. The first-order chi connectivity index (χ1) is 13.0. The molecule has 0 aliphatic carbocycles. The van der Waals surface area contributed by atoms with Crippen LogP contribution in [0.15, 0.2) is 48.5 Å². The molecule has 0 atom stereocenters. The number of ether oxygens (including phenoxy) is 2. The van der Waals surface area contributed by atoms with E-state index in [1.54, 1.807) is 19.1 Å². The van der Waals surface area contributed by atoms with Crippen LogP contribution < -0.4 is 20.1 Å². The number of nitrogens with zero attached hydrogens (tertiary/aromatic N) is 1. The number of benzene rings is 2. The molecular formula is C20H25N3O4. The van der Waals surface area contributed by atoms with Gasteiger partial charge >= 0.3 is 6.03 Å². The Morgan fingerprint density at radius 1 is 1.04 bits per heavy atom. The van der Waals surface area contributed by atoms with Gasteiger partial charge in [-0.2, -0.15) is 0 Å².